The molecule has 0 aliphatic carbocycles. The van der Waals surface area contributed by atoms with E-state index in [-0.39, 0.29) is 0 Å². The van der Waals surface area contributed by atoms with Crippen LogP contribution in [-0.2, 0) is 4.74 Å². The molecule has 17 heavy (non-hydrogen) atoms. The zero-order valence-corrected chi connectivity index (χ0v) is 12.0. The monoisotopic (exact) mass is 242 g/mol. The number of likely N-dealkylation sites (N-methyl/N-ethyl adjacent to an activating group) is 2. The van der Waals surface area contributed by atoms with Crippen molar-refractivity contribution in [3.05, 3.63) is 0 Å². The molecule has 0 spiro atoms. The summed E-state index contributed by atoms with van der Waals surface area (Å²) in [5.74, 6) is 0.829. The van der Waals surface area contributed by atoms with Crippen molar-refractivity contribution >= 4 is 0 Å². The van der Waals surface area contributed by atoms with Crippen molar-refractivity contribution in [2.45, 2.75) is 52.2 Å². The SMILES string of the molecule is CCNC(CC(CC)CC)C1CN(C)CCO1. The molecule has 3 heteroatoms. The van der Waals surface area contributed by atoms with Crippen molar-refractivity contribution in [1.29, 1.82) is 0 Å². The quantitative estimate of drug-likeness (QED) is 0.740. The average molecular weight is 242 g/mol. The van der Waals surface area contributed by atoms with E-state index in [0.717, 1.165) is 32.2 Å². The molecule has 3 nitrogen and oxygen atoms in total. The molecule has 1 rings (SSSR count). The van der Waals surface area contributed by atoms with Gasteiger partial charge in [-0.1, -0.05) is 33.6 Å². The first-order valence-corrected chi connectivity index (χ1v) is 7.24. The highest BCUT2D eigenvalue weighted by atomic mass is 16.5. The summed E-state index contributed by atoms with van der Waals surface area (Å²) in [4.78, 5) is 2.38. The van der Waals surface area contributed by atoms with Gasteiger partial charge in [-0.05, 0) is 25.9 Å². The summed E-state index contributed by atoms with van der Waals surface area (Å²) in [6.07, 6.45) is 4.18. The highest BCUT2D eigenvalue weighted by Crippen LogP contribution is 2.19. The maximum Gasteiger partial charge on any atom is 0.0855 e. The van der Waals surface area contributed by atoms with Crippen LogP contribution in [0.1, 0.15) is 40.0 Å². The van der Waals surface area contributed by atoms with Gasteiger partial charge in [-0.15, -0.1) is 0 Å². The van der Waals surface area contributed by atoms with Crippen LogP contribution in [0.4, 0.5) is 0 Å². The molecule has 0 aromatic rings. The van der Waals surface area contributed by atoms with Gasteiger partial charge in [-0.25, -0.2) is 0 Å². The molecule has 0 aromatic heterocycles. The van der Waals surface area contributed by atoms with Crippen molar-refractivity contribution in [3.8, 4) is 0 Å². The fourth-order valence-corrected chi connectivity index (χ4v) is 2.66. The maximum absolute atomic E-state index is 5.95. The number of nitrogens with zero attached hydrogens (tertiary/aromatic N) is 1. The van der Waals surface area contributed by atoms with Crippen molar-refractivity contribution < 1.29 is 4.74 Å². The summed E-state index contributed by atoms with van der Waals surface area (Å²) in [7, 11) is 2.19. The van der Waals surface area contributed by atoms with E-state index >= 15 is 0 Å². The van der Waals surface area contributed by atoms with Crippen LogP contribution in [0.25, 0.3) is 0 Å². The molecule has 1 heterocycles. The molecule has 102 valence electrons. The number of hydrogen-bond acceptors (Lipinski definition) is 3. The second-order valence-corrected chi connectivity index (χ2v) is 5.25. The van der Waals surface area contributed by atoms with Crippen LogP contribution in [0.5, 0.6) is 0 Å². The summed E-state index contributed by atoms with van der Waals surface area (Å²) in [5.41, 5.74) is 0. The Hall–Kier alpha value is -0.120. The van der Waals surface area contributed by atoms with E-state index in [1.165, 1.54) is 19.3 Å². The minimum atomic E-state index is 0.370. The minimum absolute atomic E-state index is 0.370. The second-order valence-electron chi connectivity index (χ2n) is 5.25. The highest BCUT2D eigenvalue weighted by molar-refractivity contribution is 4.83. The third kappa shape index (κ3) is 4.94. The van der Waals surface area contributed by atoms with Gasteiger partial charge in [0.1, 0.15) is 0 Å². The summed E-state index contributed by atoms with van der Waals surface area (Å²) in [5, 5.41) is 3.62. The molecule has 1 fully saturated rings. The number of rotatable bonds is 7. The zero-order valence-electron chi connectivity index (χ0n) is 12.0. The van der Waals surface area contributed by atoms with Gasteiger partial charge in [0.25, 0.3) is 0 Å². The minimum Gasteiger partial charge on any atom is -0.374 e. The Morgan fingerprint density at radius 1 is 1.29 bits per heavy atom. The van der Waals surface area contributed by atoms with Crippen LogP contribution in [0, 0.1) is 5.92 Å². The van der Waals surface area contributed by atoms with Crippen LogP contribution in [0.2, 0.25) is 0 Å². The molecule has 1 aliphatic heterocycles. The Labute approximate surface area is 107 Å². The molecule has 0 amide bonds. The highest BCUT2D eigenvalue weighted by Gasteiger charge is 2.27. The molecule has 0 radical (unpaired) electrons. The first kappa shape index (κ1) is 14.9. The second kappa shape index (κ2) is 8.06. The Morgan fingerprint density at radius 3 is 2.53 bits per heavy atom. The maximum atomic E-state index is 5.95. The van der Waals surface area contributed by atoms with Crippen LogP contribution >= 0.6 is 0 Å². The molecule has 2 atom stereocenters. The van der Waals surface area contributed by atoms with Crippen molar-refractivity contribution in [2.24, 2.45) is 5.92 Å². The molecular formula is C14H30N2O. The number of nitrogens with one attached hydrogen (secondary N) is 1. The predicted molar refractivity (Wildman–Crippen MR) is 73.4 cm³/mol. The summed E-state index contributed by atoms with van der Waals surface area (Å²) in [6, 6.07) is 0.521. The van der Waals surface area contributed by atoms with E-state index < -0.39 is 0 Å². The molecular weight excluding hydrogens is 212 g/mol. The number of hydrogen-bond donors (Lipinski definition) is 1. The summed E-state index contributed by atoms with van der Waals surface area (Å²) in [6.45, 7) is 10.8. The van der Waals surface area contributed by atoms with E-state index in [0.29, 0.717) is 12.1 Å². The Kier molecular flexibility index (Phi) is 7.09. The zero-order chi connectivity index (χ0) is 12.7. The van der Waals surface area contributed by atoms with Crippen LogP contribution in [0.15, 0.2) is 0 Å². The summed E-state index contributed by atoms with van der Waals surface area (Å²) >= 11 is 0. The Bertz CT molecular complexity index is 195. The fraction of sp³-hybridized carbons (Fsp3) is 1.00. The average Bonchev–Trinajstić information content (AvgIpc) is 2.34. The van der Waals surface area contributed by atoms with Crippen molar-refractivity contribution in [3.63, 3.8) is 0 Å². The van der Waals surface area contributed by atoms with Crippen LogP contribution in [0.3, 0.4) is 0 Å². The molecule has 0 saturated carbocycles. The number of morpholine rings is 1. The van der Waals surface area contributed by atoms with E-state index in [1.54, 1.807) is 0 Å². The predicted octanol–water partition coefficient (Wildman–Crippen LogP) is 2.12. The third-order valence-corrected chi connectivity index (χ3v) is 3.95. The van der Waals surface area contributed by atoms with Crippen molar-refractivity contribution in [2.75, 3.05) is 33.3 Å². The lowest BCUT2D eigenvalue weighted by Crippen LogP contribution is -2.51. The molecule has 0 bridgehead atoms. The van der Waals surface area contributed by atoms with Gasteiger partial charge < -0.3 is 15.0 Å². The number of ether oxygens (including phenoxy) is 1. The first-order valence-electron chi connectivity index (χ1n) is 7.24. The first-order chi connectivity index (χ1) is 8.21. The Balaban J connectivity index is 2.50. The lowest BCUT2D eigenvalue weighted by Gasteiger charge is -2.36. The van der Waals surface area contributed by atoms with Gasteiger partial charge in [-0.2, -0.15) is 0 Å². The molecule has 1 aliphatic rings. The Morgan fingerprint density at radius 2 is 2.00 bits per heavy atom. The van der Waals surface area contributed by atoms with Gasteiger partial charge >= 0.3 is 0 Å². The smallest absolute Gasteiger partial charge is 0.0855 e. The van der Waals surface area contributed by atoms with Crippen LogP contribution in [-0.4, -0.2) is 50.3 Å². The standard InChI is InChI=1S/C14H30N2O/c1-5-12(6-2)10-13(15-7-3)14-11-16(4)8-9-17-14/h12-15H,5-11H2,1-4H3. The van der Waals surface area contributed by atoms with E-state index in [1.807, 2.05) is 0 Å². The van der Waals surface area contributed by atoms with Gasteiger partial charge in [-0.3, -0.25) is 0 Å². The van der Waals surface area contributed by atoms with Crippen molar-refractivity contribution in [1.82, 2.24) is 10.2 Å². The molecule has 1 N–H and O–H groups in total. The third-order valence-electron chi connectivity index (χ3n) is 3.95. The fourth-order valence-electron chi connectivity index (χ4n) is 2.66. The van der Waals surface area contributed by atoms with Gasteiger partial charge in [0, 0.05) is 19.1 Å². The van der Waals surface area contributed by atoms with E-state index in [9.17, 15) is 0 Å². The van der Waals surface area contributed by atoms with Gasteiger partial charge in [0.05, 0.1) is 12.7 Å². The van der Waals surface area contributed by atoms with Gasteiger partial charge in [0.2, 0.25) is 0 Å². The summed E-state index contributed by atoms with van der Waals surface area (Å²) < 4.78 is 5.95. The molecule has 1 saturated heterocycles. The van der Waals surface area contributed by atoms with E-state index in [2.05, 4.69) is 38.0 Å². The normalized spacial score (nSPS) is 24.2. The van der Waals surface area contributed by atoms with E-state index in [4.69, 9.17) is 4.74 Å². The molecule has 0 aromatic carbocycles. The van der Waals surface area contributed by atoms with Gasteiger partial charge in [0.15, 0.2) is 0 Å². The lowest BCUT2D eigenvalue weighted by atomic mass is 9.91. The topological polar surface area (TPSA) is 24.5 Å². The largest absolute Gasteiger partial charge is 0.374 e. The van der Waals surface area contributed by atoms with Crippen LogP contribution < -0.4 is 5.32 Å². The molecule has 2 unspecified atom stereocenters. The lowest BCUT2D eigenvalue weighted by molar-refractivity contribution is -0.0423.